The van der Waals surface area contributed by atoms with Crippen molar-refractivity contribution >= 4 is 19.7 Å². The first kappa shape index (κ1) is 12.1. The van der Waals surface area contributed by atoms with Crippen LogP contribution in [-0.4, -0.2) is 13.4 Å². The number of rotatable bonds is 2. The largest absolute Gasteiger partial charge is 0.446 e. The van der Waals surface area contributed by atoms with E-state index in [0.29, 0.717) is 17.3 Å². The number of nitrogens with zero attached hydrogens (tertiary/aromatic N) is 1. The van der Waals surface area contributed by atoms with Gasteiger partial charge in [0.25, 0.3) is 9.05 Å². The molecule has 0 saturated heterocycles. The molecule has 0 aliphatic carbocycles. The Labute approximate surface area is 104 Å². The van der Waals surface area contributed by atoms with Crippen molar-refractivity contribution in [3.63, 3.8) is 0 Å². The summed E-state index contributed by atoms with van der Waals surface area (Å²) < 4.78 is 27.5. The summed E-state index contributed by atoms with van der Waals surface area (Å²) in [4.78, 5) is 4.29. The van der Waals surface area contributed by atoms with Crippen LogP contribution in [0.25, 0.3) is 11.3 Å². The van der Waals surface area contributed by atoms with Gasteiger partial charge in [-0.15, -0.1) is 0 Å². The molecule has 0 N–H and O–H groups in total. The lowest BCUT2D eigenvalue weighted by atomic mass is 10.1. The molecule has 1 aromatic heterocycles. The van der Waals surface area contributed by atoms with Crippen molar-refractivity contribution in [3.8, 4) is 11.3 Å². The molecule has 0 unspecified atom stereocenters. The van der Waals surface area contributed by atoms with Crippen molar-refractivity contribution in [1.82, 2.24) is 4.98 Å². The third-order valence-electron chi connectivity index (χ3n) is 2.31. The molecule has 0 saturated carbocycles. The number of aromatic nitrogens is 1. The van der Waals surface area contributed by atoms with Crippen molar-refractivity contribution in [3.05, 3.63) is 35.9 Å². The molecule has 0 bridgehead atoms. The fourth-order valence-corrected chi connectivity index (χ4v) is 2.34. The fourth-order valence-electron chi connectivity index (χ4n) is 1.57. The topological polar surface area (TPSA) is 60.2 Å². The number of hydrogen-bond acceptors (Lipinski definition) is 4. The van der Waals surface area contributed by atoms with Gasteiger partial charge < -0.3 is 4.42 Å². The summed E-state index contributed by atoms with van der Waals surface area (Å²) in [6, 6.07) is 6.20. The lowest BCUT2D eigenvalue weighted by Gasteiger charge is -1.99. The second kappa shape index (κ2) is 4.16. The van der Waals surface area contributed by atoms with Gasteiger partial charge in [-0.05, 0) is 19.1 Å². The summed E-state index contributed by atoms with van der Waals surface area (Å²) in [6.45, 7) is 3.57. The molecule has 2 aromatic rings. The number of hydrogen-bond donors (Lipinski definition) is 0. The van der Waals surface area contributed by atoms with E-state index in [-0.39, 0.29) is 4.90 Å². The van der Waals surface area contributed by atoms with Gasteiger partial charge in [0.1, 0.15) is 11.5 Å². The molecular formula is C11H10ClNO3S. The van der Waals surface area contributed by atoms with Gasteiger partial charge in [-0.25, -0.2) is 13.4 Å². The predicted molar refractivity (Wildman–Crippen MR) is 64.5 cm³/mol. The Morgan fingerprint density at radius 3 is 2.18 bits per heavy atom. The standard InChI is InChI=1S/C11H10ClNO3S/c1-7-11(13-8(2)16-7)9-3-5-10(6-4-9)17(12,14)15/h3-6H,1-2H3. The maximum absolute atomic E-state index is 11.1. The average molecular weight is 272 g/mol. The van der Waals surface area contributed by atoms with Crippen LogP contribution in [0.2, 0.25) is 0 Å². The zero-order valence-electron chi connectivity index (χ0n) is 9.27. The number of aryl methyl sites for hydroxylation is 2. The molecule has 0 aliphatic rings. The van der Waals surface area contributed by atoms with Crippen LogP contribution in [0, 0.1) is 13.8 Å². The van der Waals surface area contributed by atoms with E-state index < -0.39 is 9.05 Å². The normalized spacial score (nSPS) is 11.7. The Bertz CT molecular complexity index is 644. The van der Waals surface area contributed by atoms with Crippen molar-refractivity contribution in [2.45, 2.75) is 18.7 Å². The van der Waals surface area contributed by atoms with Gasteiger partial charge in [0.15, 0.2) is 5.89 Å². The maximum Gasteiger partial charge on any atom is 0.261 e. The van der Waals surface area contributed by atoms with Gasteiger partial charge in [0.05, 0.1) is 4.90 Å². The molecular weight excluding hydrogens is 262 g/mol. The van der Waals surface area contributed by atoms with Crippen LogP contribution in [0.4, 0.5) is 0 Å². The molecule has 90 valence electrons. The molecule has 0 amide bonds. The Morgan fingerprint density at radius 2 is 1.76 bits per heavy atom. The smallest absolute Gasteiger partial charge is 0.261 e. The highest BCUT2D eigenvalue weighted by molar-refractivity contribution is 8.13. The van der Waals surface area contributed by atoms with E-state index in [1.54, 1.807) is 19.1 Å². The molecule has 1 aromatic carbocycles. The van der Waals surface area contributed by atoms with Gasteiger partial charge in [-0.3, -0.25) is 0 Å². The van der Waals surface area contributed by atoms with E-state index in [1.807, 2.05) is 6.92 Å². The van der Waals surface area contributed by atoms with Crippen LogP contribution in [0.3, 0.4) is 0 Å². The summed E-state index contributed by atoms with van der Waals surface area (Å²) >= 11 is 0. The molecule has 0 spiro atoms. The Kier molecular flexibility index (Phi) is 2.97. The molecule has 0 radical (unpaired) electrons. The maximum atomic E-state index is 11.1. The quantitative estimate of drug-likeness (QED) is 0.788. The summed E-state index contributed by atoms with van der Waals surface area (Å²) in [6.07, 6.45) is 0. The summed E-state index contributed by atoms with van der Waals surface area (Å²) in [5.74, 6) is 1.27. The van der Waals surface area contributed by atoms with Gasteiger partial charge in [-0.2, -0.15) is 0 Å². The first-order valence-corrected chi connectivity index (χ1v) is 7.18. The summed E-state index contributed by atoms with van der Waals surface area (Å²) in [7, 11) is 1.55. The van der Waals surface area contributed by atoms with E-state index >= 15 is 0 Å². The highest BCUT2D eigenvalue weighted by atomic mass is 35.7. The van der Waals surface area contributed by atoms with Crippen LogP contribution in [0.5, 0.6) is 0 Å². The van der Waals surface area contributed by atoms with Gasteiger partial charge >= 0.3 is 0 Å². The molecule has 17 heavy (non-hydrogen) atoms. The predicted octanol–water partition coefficient (Wildman–Crippen LogP) is 2.89. The van der Waals surface area contributed by atoms with Crippen molar-refractivity contribution in [2.75, 3.05) is 0 Å². The third kappa shape index (κ3) is 2.50. The minimum Gasteiger partial charge on any atom is -0.446 e. The van der Waals surface area contributed by atoms with Crippen LogP contribution in [0.15, 0.2) is 33.6 Å². The van der Waals surface area contributed by atoms with Crippen LogP contribution in [-0.2, 0) is 9.05 Å². The van der Waals surface area contributed by atoms with Crippen molar-refractivity contribution in [2.24, 2.45) is 0 Å². The summed E-state index contributed by atoms with van der Waals surface area (Å²) in [5.41, 5.74) is 1.50. The molecule has 0 atom stereocenters. The second-order valence-electron chi connectivity index (χ2n) is 3.60. The minimum absolute atomic E-state index is 0.0702. The van der Waals surface area contributed by atoms with Crippen LogP contribution < -0.4 is 0 Å². The molecule has 0 aliphatic heterocycles. The molecule has 4 nitrogen and oxygen atoms in total. The first-order valence-electron chi connectivity index (χ1n) is 4.87. The van der Waals surface area contributed by atoms with E-state index in [0.717, 1.165) is 5.56 Å². The van der Waals surface area contributed by atoms with Crippen molar-refractivity contribution in [1.29, 1.82) is 0 Å². The molecule has 6 heteroatoms. The summed E-state index contributed by atoms with van der Waals surface area (Å²) in [5, 5.41) is 0. The third-order valence-corrected chi connectivity index (χ3v) is 3.68. The highest BCUT2D eigenvalue weighted by Gasteiger charge is 2.12. The second-order valence-corrected chi connectivity index (χ2v) is 6.17. The van der Waals surface area contributed by atoms with E-state index in [9.17, 15) is 8.42 Å². The highest BCUT2D eigenvalue weighted by Crippen LogP contribution is 2.25. The SMILES string of the molecule is Cc1nc(-c2ccc(S(=O)(=O)Cl)cc2)c(C)o1. The lowest BCUT2D eigenvalue weighted by Crippen LogP contribution is -1.90. The fraction of sp³-hybridized carbons (Fsp3) is 0.182. The Hall–Kier alpha value is -1.33. The number of halogens is 1. The lowest BCUT2D eigenvalue weighted by molar-refractivity contribution is 0.495. The minimum atomic E-state index is -3.68. The Morgan fingerprint density at radius 1 is 1.18 bits per heavy atom. The van der Waals surface area contributed by atoms with E-state index in [4.69, 9.17) is 15.1 Å². The molecule has 0 fully saturated rings. The zero-order valence-corrected chi connectivity index (χ0v) is 10.8. The van der Waals surface area contributed by atoms with E-state index in [1.165, 1.54) is 12.1 Å². The van der Waals surface area contributed by atoms with Gasteiger partial charge in [-0.1, -0.05) is 12.1 Å². The number of benzene rings is 1. The average Bonchev–Trinajstić information content (AvgIpc) is 2.57. The van der Waals surface area contributed by atoms with E-state index in [2.05, 4.69) is 4.98 Å². The zero-order chi connectivity index (χ0) is 12.6. The Balaban J connectivity index is 2.46. The van der Waals surface area contributed by atoms with Crippen molar-refractivity contribution < 1.29 is 12.8 Å². The van der Waals surface area contributed by atoms with Gasteiger partial charge in [0, 0.05) is 23.2 Å². The monoisotopic (exact) mass is 271 g/mol. The number of oxazole rings is 1. The molecule has 2 rings (SSSR count). The first-order chi connectivity index (χ1) is 7.88. The molecule has 1 heterocycles. The van der Waals surface area contributed by atoms with Crippen LogP contribution in [0.1, 0.15) is 11.7 Å². The van der Waals surface area contributed by atoms with Gasteiger partial charge in [0.2, 0.25) is 0 Å². The van der Waals surface area contributed by atoms with Crippen LogP contribution >= 0.6 is 10.7 Å².